The highest BCUT2D eigenvalue weighted by Gasteiger charge is 2.13. The van der Waals surface area contributed by atoms with Crippen LogP contribution in [0.1, 0.15) is 15.2 Å². The van der Waals surface area contributed by atoms with Gasteiger partial charge < -0.3 is 5.32 Å². The van der Waals surface area contributed by atoms with Gasteiger partial charge in [-0.3, -0.25) is 4.79 Å². The van der Waals surface area contributed by atoms with E-state index in [4.69, 9.17) is 16.9 Å². The second kappa shape index (κ2) is 5.53. The highest BCUT2D eigenvalue weighted by atomic mass is 79.9. The van der Waals surface area contributed by atoms with Gasteiger partial charge in [0, 0.05) is 4.47 Å². The maximum Gasteiger partial charge on any atom is 0.267 e. The maximum atomic E-state index is 12.0. The van der Waals surface area contributed by atoms with Gasteiger partial charge in [-0.2, -0.15) is 5.26 Å². The zero-order chi connectivity index (χ0) is 13.1. The first-order valence-electron chi connectivity index (χ1n) is 4.86. The van der Waals surface area contributed by atoms with Crippen molar-refractivity contribution in [1.82, 2.24) is 0 Å². The van der Waals surface area contributed by atoms with Crippen molar-refractivity contribution in [1.29, 1.82) is 5.26 Å². The predicted molar refractivity (Wildman–Crippen MR) is 76.1 cm³/mol. The molecule has 1 aromatic heterocycles. The number of rotatable bonds is 2. The van der Waals surface area contributed by atoms with E-state index in [0.29, 0.717) is 21.2 Å². The molecule has 3 nitrogen and oxygen atoms in total. The number of thiophene rings is 1. The molecule has 2 rings (SSSR count). The van der Waals surface area contributed by atoms with E-state index in [1.807, 2.05) is 6.07 Å². The SMILES string of the molecule is N#Cc1ccc(Br)cc1NC(=O)c1sccc1Cl. The van der Waals surface area contributed by atoms with Crippen molar-refractivity contribution >= 4 is 50.5 Å². The maximum absolute atomic E-state index is 12.0. The number of benzene rings is 1. The molecule has 0 spiro atoms. The number of amides is 1. The van der Waals surface area contributed by atoms with E-state index in [-0.39, 0.29) is 5.91 Å². The summed E-state index contributed by atoms with van der Waals surface area (Å²) in [5.74, 6) is -0.315. The fraction of sp³-hybridized carbons (Fsp3) is 0. The van der Waals surface area contributed by atoms with Gasteiger partial charge in [-0.05, 0) is 29.6 Å². The van der Waals surface area contributed by atoms with Crippen molar-refractivity contribution in [3.8, 4) is 6.07 Å². The van der Waals surface area contributed by atoms with Crippen LogP contribution in [0.25, 0.3) is 0 Å². The Labute approximate surface area is 121 Å². The molecule has 0 aliphatic carbocycles. The predicted octanol–water partition coefficient (Wildman–Crippen LogP) is 4.29. The Morgan fingerprint density at radius 2 is 2.22 bits per heavy atom. The lowest BCUT2D eigenvalue weighted by Gasteiger charge is -2.06. The second-order valence-corrected chi connectivity index (χ2v) is 5.59. The monoisotopic (exact) mass is 340 g/mol. The summed E-state index contributed by atoms with van der Waals surface area (Å²) in [6.07, 6.45) is 0. The molecule has 0 atom stereocenters. The van der Waals surface area contributed by atoms with E-state index in [1.165, 1.54) is 11.3 Å². The number of nitrogens with one attached hydrogen (secondary N) is 1. The third-order valence-corrected chi connectivity index (χ3v) is 4.01. The van der Waals surface area contributed by atoms with Crippen LogP contribution < -0.4 is 5.32 Å². The molecule has 0 unspecified atom stereocenters. The molecule has 6 heteroatoms. The molecule has 18 heavy (non-hydrogen) atoms. The third-order valence-electron chi connectivity index (χ3n) is 2.17. The van der Waals surface area contributed by atoms with Crippen molar-refractivity contribution in [2.45, 2.75) is 0 Å². The fourth-order valence-corrected chi connectivity index (χ4v) is 2.75. The van der Waals surface area contributed by atoms with E-state index in [1.54, 1.807) is 29.6 Å². The molecule has 0 bridgehead atoms. The van der Waals surface area contributed by atoms with E-state index >= 15 is 0 Å². The molecule has 0 saturated carbocycles. The number of carbonyl (C=O) groups excluding carboxylic acids is 1. The Balaban J connectivity index is 2.30. The Hall–Kier alpha value is -1.35. The normalized spacial score (nSPS) is 9.83. The van der Waals surface area contributed by atoms with Gasteiger partial charge in [-0.25, -0.2) is 0 Å². The molecule has 0 saturated heterocycles. The van der Waals surface area contributed by atoms with Crippen LogP contribution in [-0.4, -0.2) is 5.91 Å². The van der Waals surface area contributed by atoms with Crippen LogP contribution in [0.5, 0.6) is 0 Å². The summed E-state index contributed by atoms with van der Waals surface area (Å²) in [5, 5.41) is 13.8. The minimum Gasteiger partial charge on any atom is -0.320 e. The first kappa shape index (κ1) is 13.1. The zero-order valence-electron chi connectivity index (χ0n) is 8.91. The molecular weight excluding hydrogens is 336 g/mol. The van der Waals surface area contributed by atoms with Gasteiger partial charge in [0.05, 0.1) is 16.3 Å². The first-order valence-corrected chi connectivity index (χ1v) is 6.91. The summed E-state index contributed by atoms with van der Waals surface area (Å²) in [7, 11) is 0. The number of hydrogen-bond acceptors (Lipinski definition) is 3. The summed E-state index contributed by atoms with van der Waals surface area (Å²) in [6.45, 7) is 0. The zero-order valence-corrected chi connectivity index (χ0v) is 12.1. The molecule has 0 aliphatic rings. The molecule has 0 fully saturated rings. The van der Waals surface area contributed by atoms with Crippen molar-refractivity contribution in [3.63, 3.8) is 0 Å². The molecule has 1 heterocycles. The average molecular weight is 342 g/mol. The van der Waals surface area contributed by atoms with Crippen molar-refractivity contribution in [2.75, 3.05) is 5.32 Å². The minimum atomic E-state index is -0.315. The quantitative estimate of drug-likeness (QED) is 0.886. The highest BCUT2D eigenvalue weighted by molar-refractivity contribution is 9.10. The lowest BCUT2D eigenvalue weighted by atomic mass is 10.2. The van der Waals surface area contributed by atoms with E-state index in [9.17, 15) is 4.79 Å². The Bertz CT molecular complexity index is 648. The average Bonchev–Trinajstić information content (AvgIpc) is 2.76. The smallest absolute Gasteiger partial charge is 0.267 e. The topological polar surface area (TPSA) is 52.9 Å². The van der Waals surface area contributed by atoms with Gasteiger partial charge in [0.15, 0.2) is 0 Å². The number of hydrogen-bond donors (Lipinski definition) is 1. The van der Waals surface area contributed by atoms with Gasteiger partial charge in [0.1, 0.15) is 10.9 Å². The second-order valence-electron chi connectivity index (χ2n) is 3.35. The van der Waals surface area contributed by atoms with Crippen LogP contribution >= 0.6 is 38.9 Å². The molecule has 1 N–H and O–H groups in total. The molecule has 1 aromatic carbocycles. The highest BCUT2D eigenvalue weighted by Crippen LogP contribution is 2.25. The van der Waals surface area contributed by atoms with E-state index < -0.39 is 0 Å². The van der Waals surface area contributed by atoms with E-state index in [0.717, 1.165) is 4.47 Å². The molecule has 90 valence electrons. The van der Waals surface area contributed by atoms with Crippen LogP contribution in [0.3, 0.4) is 0 Å². The van der Waals surface area contributed by atoms with Crippen LogP contribution in [-0.2, 0) is 0 Å². The van der Waals surface area contributed by atoms with Gasteiger partial charge in [0.25, 0.3) is 5.91 Å². The number of halogens is 2. The van der Waals surface area contributed by atoms with Crippen molar-refractivity contribution in [2.24, 2.45) is 0 Å². The van der Waals surface area contributed by atoms with Crippen molar-refractivity contribution in [3.05, 3.63) is 49.6 Å². The molecule has 0 aliphatic heterocycles. The number of nitriles is 1. The Kier molecular flexibility index (Phi) is 4.02. The minimum absolute atomic E-state index is 0.315. The Morgan fingerprint density at radius 1 is 1.44 bits per heavy atom. The molecular formula is C12H6BrClN2OS. The number of anilines is 1. The van der Waals surface area contributed by atoms with Crippen LogP contribution in [0.15, 0.2) is 34.1 Å². The molecule has 0 radical (unpaired) electrons. The van der Waals surface area contributed by atoms with Crippen LogP contribution in [0, 0.1) is 11.3 Å². The van der Waals surface area contributed by atoms with Gasteiger partial charge in [-0.1, -0.05) is 27.5 Å². The summed E-state index contributed by atoms with van der Waals surface area (Å²) in [6, 6.07) is 8.74. The summed E-state index contributed by atoms with van der Waals surface area (Å²) in [5.41, 5.74) is 0.862. The Morgan fingerprint density at radius 3 is 2.83 bits per heavy atom. The summed E-state index contributed by atoms with van der Waals surface area (Å²) >= 11 is 10.4. The van der Waals surface area contributed by atoms with Crippen molar-refractivity contribution < 1.29 is 4.79 Å². The molecule has 1 amide bonds. The largest absolute Gasteiger partial charge is 0.320 e. The summed E-state index contributed by atoms with van der Waals surface area (Å²) in [4.78, 5) is 12.4. The van der Waals surface area contributed by atoms with E-state index in [2.05, 4.69) is 21.2 Å². The van der Waals surface area contributed by atoms with Gasteiger partial charge in [-0.15, -0.1) is 11.3 Å². The fourth-order valence-electron chi connectivity index (χ4n) is 1.35. The number of carbonyl (C=O) groups is 1. The molecule has 2 aromatic rings. The van der Waals surface area contributed by atoms with Crippen LogP contribution in [0.4, 0.5) is 5.69 Å². The lowest BCUT2D eigenvalue weighted by molar-refractivity contribution is 0.103. The van der Waals surface area contributed by atoms with Crippen LogP contribution in [0.2, 0.25) is 5.02 Å². The summed E-state index contributed by atoms with van der Waals surface area (Å²) < 4.78 is 0.786. The lowest BCUT2D eigenvalue weighted by Crippen LogP contribution is -2.11. The third kappa shape index (κ3) is 2.72. The standard InChI is InChI=1S/C12H6BrClN2OS/c13-8-2-1-7(6-15)10(5-8)16-12(17)11-9(14)3-4-18-11/h1-5H,(H,16,17). The first-order chi connectivity index (χ1) is 8.61. The van der Waals surface area contributed by atoms with Gasteiger partial charge >= 0.3 is 0 Å². The number of nitrogens with zero attached hydrogens (tertiary/aromatic N) is 1. The van der Waals surface area contributed by atoms with Gasteiger partial charge in [0.2, 0.25) is 0 Å².